The fourth-order valence-electron chi connectivity index (χ4n) is 3.89. The van der Waals surface area contributed by atoms with Gasteiger partial charge in [-0.2, -0.15) is 0 Å². The Kier molecular flexibility index (Phi) is 10.1. The maximum atomic E-state index is 12.8. The van der Waals surface area contributed by atoms with Crippen molar-refractivity contribution < 1.29 is 19.1 Å². The molecule has 2 N–H and O–H groups in total. The number of alkyl carbamates (subject to hydrolysis) is 1. The van der Waals surface area contributed by atoms with Crippen molar-refractivity contribution in [3.05, 3.63) is 43.1 Å². The number of ether oxygens (including phenoxy) is 2. The Morgan fingerprint density at radius 3 is 2.71 bits per heavy atom. The number of rotatable bonds is 11. The summed E-state index contributed by atoms with van der Waals surface area (Å²) in [6.07, 6.45) is 4.83. The van der Waals surface area contributed by atoms with E-state index in [1.807, 2.05) is 37.6 Å². The molecule has 208 valence electrons. The van der Waals surface area contributed by atoms with Crippen LogP contribution in [0.2, 0.25) is 0 Å². The number of morpholine rings is 1. The number of aliphatic imine (C=N–C) groups is 1. The summed E-state index contributed by atoms with van der Waals surface area (Å²) in [5.74, 6) is 1.56. The van der Waals surface area contributed by atoms with Crippen molar-refractivity contribution in [3.8, 4) is 0 Å². The molecular formula is C26H40N8O4. The van der Waals surface area contributed by atoms with E-state index in [2.05, 4.69) is 43.7 Å². The van der Waals surface area contributed by atoms with Crippen molar-refractivity contribution in [2.24, 2.45) is 4.99 Å². The van der Waals surface area contributed by atoms with Crippen LogP contribution in [0, 0.1) is 0 Å². The van der Waals surface area contributed by atoms with Crippen LogP contribution in [0.15, 0.2) is 42.3 Å². The summed E-state index contributed by atoms with van der Waals surface area (Å²) in [5.41, 5.74) is -0.542. The molecule has 0 aromatic carbocycles. The van der Waals surface area contributed by atoms with E-state index < -0.39 is 11.7 Å². The van der Waals surface area contributed by atoms with E-state index in [1.165, 1.54) is 0 Å². The van der Waals surface area contributed by atoms with Gasteiger partial charge in [-0.25, -0.2) is 19.8 Å². The van der Waals surface area contributed by atoms with Crippen molar-refractivity contribution in [3.63, 3.8) is 0 Å². The first-order valence-electron chi connectivity index (χ1n) is 12.8. The first kappa shape index (κ1) is 28.9. The normalized spacial score (nSPS) is 16.9. The Hall–Kier alpha value is -3.67. The molecule has 1 atom stereocenters. The average Bonchev–Trinajstić information content (AvgIpc) is 2.83. The highest BCUT2D eigenvalue weighted by Crippen LogP contribution is 2.19. The quantitative estimate of drug-likeness (QED) is 0.190. The number of nitrogens with one attached hydrogen (secondary N) is 2. The van der Waals surface area contributed by atoms with E-state index in [-0.39, 0.29) is 24.5 Å². The van der Waals surface area contributed by atoms with Gasteiger partial charge in [-0.1, -0.05) is 12.7 Å². The molecule has 3 heterocycles. The standard InChI is InChI=1S/C26H40N8O4/c1-7-8-22(32(6)18-28-19(2)33-11-13-37-14-12-33)31-24(35)15-21-27-10-9-23(30-21)34-16-20(17-34)29-25(36)38-26(3,4)5/h7,9-10,18,20,22H,1-2,8,11-17H2,3-6H3,(H,29,36)(H,31,35)/b28-18-. The summed E-state index contributed by atoms with van der Waals surface area (Å²) >= 11 is 0. The zero-order valence-electron chi connectivity index (χ0n) is 22.9. The lowest BCUT2D eigenvalue weighted by Crippen LogP contribution is -2.60. The highest BCUT2D eigenvalue weighted by atomic mass is 16.6. The van der Waals surface area contributed by atoms with Crippen molar-refractivity contribution in [2.45, 2.75) is 51.4 Å². The van der Waals surface area contributed by atoms with Crippen LogP contribution in [-0.2, 0) is 20.7 Å². The minimum absolute atomic E-state index is 0.0252. The Bertz CT molecular complexity index is 1010. The topological polar surface area (TPSA) is 125 Å². The molecule has 2 amide bonds. The monoisotopic (exact) mass is 528 g/mol. The number of hydrogen-bond acceptors (Lipinski definition) is 9. The zero-order chi connectivity index (χ0) is 27.7. The van der Waals surface area contributed by atoms with Crippen LogP contribution < -0.4 is 15.5 Å². The molecule has 12 nitrogen and oxygen atoms in total. The predicted molar refractivity (Wildman–Crippen MR) is 146 cm³/mol. The third kappa shape index (κ3) is 9.02. The molecule has 12 heteroatoms. The second-order valence-corrected chi connectivity index (χ2v) is 10.3. The van der Waals surface area contributed by atoms with Gasteiger partial charge in [-0.05, 0) is 26.8 Å². The fraction of sp³-hybridized carbons (Fsp3) is 0.577. The number of carbonyl (C=O) groups is 2. The van der Waals surface area contributed by atoms with Crippen LogP contribution >= 0.6 is 0 Å². The summed E-state index contributed by atoms with van der Waals surface area (Å²) in [4.78, 5) is 43.9. The van der Waals surface area contributed by atoms with E-state index in [9.17, 15) is 9.59 Å². The molecule has 0 radical (unpaired) electrons. The number of amides is 2. The van der Waals surface area contributed by atoms with Crippen molar-refractivity contribution in [1.82, 2.24) is 30.4 Å². The molecule has 2 aliphatic rings. The highest BCUT2D eigenvalue weighted by Gasteiger charge is 2.31. The molecule has 2 fully saturated rings. The van der Waals surface area contributed by atoms with E-state index in [0.717, 1.165) is 13.1 Å². The molecule has 2 aliphatic heterocycles. The van der Waals surface area contributed by atoms with Gasteiger partial charge in [-0.15, -0.1) is 6.58 Å². The van der Waals surface area contributed by atoms with Crippen molar-refractivity contribution in [2.75, 3.05) is 51.3 Å². The first-order valence-corrected chi connectivity index (χ1v) is 12.8. The molecule has 38 heavy (non-hydrogen) atoms. The van der Waals surface area contributed by atoms with Crippen LogP contribution in [0.1, 0.15) is 33.0 Å². The lowest BCUT2D eigenvalue weighted by Gasteiger charge is -2.40. The van der Waals surface area contributed by atoms with Gasteiger partial charge in [0.2, 0.25) is 5.91 Å². The van der Waals surface area contributed by atoms with Crippen LogP contribution in [0.4, 0.5) is 10.6 Å². The summed E-state index contributed by atoms with van der Waals surface area (Å²) in [7, 11) is 1.84. The number of hydrogen-bond donors (Lipinski definition) is 2. The summed E-state index contributed by atoms with van der Waals surface area (Å²) in [6.45, 7) is 17.3. The molecule has 1 aromatic rings. The number of carbonyl (C=O) groups excluding carboxylic acids is 2. The van der Waals surface area contributed by atoms with Gasteiger partial charge in [0.05, 0.1) is 32.0 Å². The van der Waals surface area contributed by atoms with Gasteiger partial charge in [0.25, 0.3) is 0 Å². The number of anilines is 1. The van der Waals surface area contributed by atoms with Crippen molar-refractivity contribution >= 4 is 24.2 Å². The molecule has 2 saturated heterocycles. The third-order valence-corrected chi connectivity index (χ3v) is 5.91. The lowest BCUT2D eigenvalue weighted by molar-refractivity contribution is -0.121. The van der Waals surface area contributed by atoms with Gasteiger partial charge >= 0.3 is 6.09 Å². The summed E-state index contributed by atoms with van der Waals surface area (Å²) < 4.78 is 10.7. The Morgan fingerprint density at radius 2 is 2.05 bits per heavy atom. The maximum absolute atomic E-state index is 12.8. The number of aromatic nitrogens is 2. The molecule has 0 spiro atoms. The van der Waals surface area contributed by atoms with E-state index in [4.69, 9.17) is 9.47 Å². The molecule has 1 unspecified atom stereocenters. The highest BCUT2D eigenvalue weighted by molar-refractivity contribution is 5.78. The minimum atomic E-state index is -0.542. The molecule has 0 aliphatic carbocycles. The number of nitrogens with zero attached hydrogens (tertiary/aromatic N) is 6. The minimum Gasteiger partial charge on any atom is -0.444 e. The second-order valence-electron chi connectivity index (χ2n) is 10.3. The van der Waals surface area contributed by atoms with Gasteiger partial charge in [-0.3, -0.25) is 4.79 Å². The van der Waals surface area contributed by atoms with Crippen LogP contribution in [0.25, 0.3) is 0 Å². The SMILES string of the molecule is C=CCC(NC(=O)Cc1nccc(N2CC(NC(=O)OC(C)(C)C)C2)n1)N(C)/C=N\C(=C)N1CCOCC1. The van der Waals surface area contributed by atoms with Crippen molar-refractivity contribution in [1.29, 1.82) is 0 Å². The molecular weight excluding hydrogens is 488 g/mol. The van der Waals surface area contributed by atoms with Gasteiger partial charge in [0, 0.05) is 45.8 Å². The van der Waals surface area contributed by atoms with Gasteiger partial charge in [0.1, 0.15) is 29.2 Å². The molecule has 0 saturated carbocycles. The molecule has 1 aromatic heterocycles. The van der Waals surface area contributed by atoms with Gasteiger partial charge < -0.3 is 34.8 Å². The molecule has 0 bridgehead atoms. The summed E-state index contributed by atoms with van der Waals surface area (Å²) in [6, 6.07) is 1.76. The van der Waals surface area contributed by atoms with E-state index >= 15 is 0 Å². The van der Waals surface area contributed by atoms with Crippen LogP contribution in [-0.4, -0.2) is 102 Å². The Balaban J connectivity index is 1.49. The summed E-state index contributed by atoms with van der Waals surface area (Å²) in [5, 5.41) is 5.85. The largest absolute Gasteiger partial charge is 0.444 e. The third-order valence-electron chi connectivity index (χ3n) is 5.91. The zero-order valence-corrected chi connectivity index (χ0v) is 22.9. The molecule has 3 rings (SSSR count). The maximum Gasteiger partial charge on any atom is 0.407 e. The second kappa shape index (κ2) is 13.2. The van der Waals surface area contributed by atoms with Crippen LogP contribution in [0.5, 0.6) is 0 Å². The van der Waals surface area contributed by atoms with E-state index in [1.54, 1.807) is 24.7 Å². The first-order chi connectivity index (χ1) is 18.0. The Labute approximate surface area is 224 Å². The average molecular weight is 529 g/mol. The van der Waals surface area contributed by atoms with Crippen LogP contribution in [0.3, 0.4) is 0 Å². The van der Waals surface area contributed by atoms with E-state index in [0.29, 0.717) is 50.2 Å². The fourth-order valence-corrected chi connectivity index (χ4v) is 3.89. The smallest absolute Gasteiger partial charge is 0.407 e. The predicted octanol–water partition coefficient (Wildman–Crippen LogP) is 1.51. The lowest BCUT2D eigenvalue weighted by atomic mass is 10.1. The van der Waals surface area contributed by atoms with Gasteiger partial charge in [0.15, 0.2) is 0 Å². The Morgan fingerprint density at radius 1 is 1.34 bits per heavy atom.